The van der Waals surface area contributed by atoms with Gasteiger partial charge in [-0.15, -0.1) is 0 Å². The van der Waals surface area contributed by atoms with Crippen LogP contribution in [-0.2, 0) is 0 Å². The van der Waals surface area contributed by atoms with E-state index in [4.69, 9.17) is 4.42 Å². The molecule has 5 heteroatoms. The predicted octanol–water partition coefficient (Wildman–Crippen LogP) is 17.0. The van der Waals surface area contributed by atoms with Crippen LogP contribution in [0.5, 0.6) is 0 Å². The van der Waals surface area contributed by atoms with Crippen molar-refractivity contribution in [3.63, 3.8) is 0 Å². The van der Waals surface area contributed by atoms with E-state index >= 15 is 0 Å². The number of hydrogen-bond donors (Lipinski definition) is 0. The Hall–Kier alpha value is -8.28. The highest BCUT2D eigenvalue weighted by Crippen LogP contribution is 2.57. The molecule has 0 atom stereocenters. The molecule has 63 heavy (non-hydrogen) atoms. The Labute approximate surface area is 365 Å². The van der Waals surface area contributed by atoms with Gasteiger partial charge in [-0.3, -0.25) is 0 Å². The largest absolute Gasteiger partial charge is 0.456 e. The molecule has 2 aliphatic rings. The molecule has 0 fully saturated rings. The fourth-order valence-electron chi connectivity index (χ4n) is 9.99. The van der Waals surface area contributed by atoms with Crippen molar-refractivity contribution in [1.82, 2.24) is 0 Å². The van der Waals surface area contributed by atoms with Crippen LogP contribution in [0.2, 0.25) is 0 Å². The number of anilines is 12. The van der Waals surface area contributed by atoms with Crippen LogP contribution in [0.25, 0.3) is 43.5 Å². The van der Waals surface area contributed by atoms with Crippen LogP contribution in [0, 0.1) is 13.8 Å². The number of aryl methyl sites for hydroxylation is 2. The maximum Gasteiger partial charge on any atom is 0.137 e. The normalized spacial score (nSPS) is 13.1. The first-order chi connectivity index (χ1) is 31.0. The van der Waals surface area contributed by atoms with Gasteiger partial charge in [0.1, 0.15) is 11.2 Å². The minimum Gasteiger partial charge on any atom is -0.456 e. The lowest BCUT2D eigenvalue weighted by Crippen LogP contribution is -2.24. The van der Waals surface area contributed by atoms with Crippen LogP contribution < -0.4 is 19.6 Å². The third-order valence-electron chi connectivity index (χ3n) is 12.9. The van der Waals surface area contributed by atoms with E-state index in [0.717, 1.165) is 78.8 Å². The van der Waals surface area contributed by atoms with Crippen molar-refractivity contribution in [3.8, 4) is 0 Å². The van der Waals surface area contributed by atoms with Gasteiger partial charge in [0, 0.05) is 39.6 Å². The van der Waals surface area contributed by atoms with Crippen molar-refractivity contribution >= 4 is 112 Å². The highest BCUT2D eigenvalue weighted by atomic mass is 16.3. The molecule has 5 nitrogen and oxygen atoms in total. The molecule has 1 aromatic heterocycles. The summed E-state index contributed by atoms with van der Waals surface area (Å²) in [5, 5.41) is 6.97. The van der Waals surface area contributed by atoms with Crippen molar-refractivity contribution < 1.29 is 4.42 Å². The van der Waals surface area contributed by atoms with Crippen molar-refractivity contribution in [3.05, 3.63) is 217 Å². The third kappa shape index (κ3) is 5.49. The van der Waals surface area contributed by atoms with Gasteiger partial charge in [-0.1, -0.05) is 91.0 Å². The zero-order valence-electron chi connectivity index (χ0n) is 34.8. The first kappa shape index (κ1) is 35.5. The van der Waals surface area contributed by atoms with E-state index in [1.165, 1.54) is 44.0 Å². The summed E-state index contributed by atoms with van der Waals surface area (Å²) in [5.74, 6) is 0. The molecule has 13 rings (SSSR count). The number of fused-ring (bicyclic) bond motifs is 9. The Balaban J connectivity index is 0.952. The van der Waals surface area contributed by atoms with Gasteiger partial charge < -0.3 is 24.0 Å². The first-order valence-electron chi connectivity index (χ1n) is 21.6. The maximum absolute atomic E-state index is 6.53. The average molecular weight is 809 g/mol. The van der Waals surface area contributed by atoms with Gasteiger partial charge in [0.2, 0.25) is 0 Å². The van der Waals surface area contributed by atoms with Crippen LogP contribution >= 0.6 is 0 Å². The molecule has 0 radical (unpaired) electrons. The molecule has 0 aliphatic carbocycles. The molecule has 0 N–H and O–H groups in total. The maximum atomic E-state index is 6.53. The summed E-state index contributed by atoms with van der Waals surface area (Å²) in [6.45, 7) is 4.35. The van der Waals surface area contributed by atoms with Crippen LogP contribution in [-0.4, -0.2) is 0 Å². The molecular formula is C58H40N4O. The lowest BCUT2D eigenvalue weighted by atomic mass is 9.99. The van der Waals surface area contributed by atoms with Crippen molar-refractivity contribution in [2.45, 2.75) is 13.8 Å². The number of hydrogen-bond acceptors (Lipinski definition) is 5. The van der Waals surface area contributed by atoms with Gasteiger partial charge in [-0.25, -0.2) is 0 Å². The fourth-order valence-corrected chi connectivity index (χ4v) is 9.99. The number of para-hydroxylation sites is 5. The van der Waals surface area contributed by atoms with E-state index in [2.05, 4.69) is 234 Å². The summed E-state index contributed by atoms with van der Waals surface area (Å²) in [6, 6.07) is 75.0. The van der Waals surface area contributed by atoms with E-state index in [1.807, 2.05) is 6.07 Å². The van der Waals surface area contributed by atoms with Gasteiger partial charge in [0.25, 0.3) is 0 Å². The molecule has 0 amide bonds. The smallest absolute Gasteiger partial charge is 0.137 e. The van der Waals surface area contributed by atoms with Crippen molar-refractivity contribution in [2.75, 3.05) is 19.6 Å². The topological polar surface area (TPSA) is 26.1 Å². The van der Waals surface area contributed by atoms with E-state index < -0.39 is 0 Å². The van der Waals surface area contributed by atoms with Gasteiger partial charge in [0.05, 0.1) is 45.5 Å². The van der Waals surface area contributed by atoms with E-state index in [0.29, 0.717) is 0 Å². The van der Waals surface area contributed by atoms with Crippen molar-refractivity contribution in [2.24, 2.45) is 0 Å². The number of rotatable bonds is 4. The Kier molecular flexibility index (Phi) is 7.67. The molecule has 0 saturated carbocycles. The Morgan fingerprint density at radius 3 is 1.30 bits per heavy atom. The lowest BCUT2D eigenvalue weighted by molar-refractivity contribution is 0.669. The van der Waals surface area contributed by atoms with Gasteiger partial charge >= 0.3 is 0 Å². The van der Waals surface area contributed by atoms with Crippen molar-refractivity contribution in [1.29, 1.82) is 0 Å². The summed E-state index contributed by atoms with van der Waals surface area (Å²) >= 11 is 0. The first-order valence-corrected chi connectivity index (χ1v) is 21.6. The second-order valence-electron chi connectivity index (χ2n) is 16.8. The highest BCUT2D eigenvalue weighted by molar-refractivity contribution is 6.13. The Bertz CT molecular complexity index is 3580. The molecule has 0 spiro atoms. The summed E-state index contributed by atoms with van der Waals surface area (Å²) < 4.78 is 6.53. The molecule has 0 unspecified atom stereocenters. The molecule has 10 aromatic carbocycles. The standard InChI is InChI=1S/C58H40N4O/c1-37-21-27-51-53(29-37)60(44-15-7-4-8-16-44)54-30-38(2)22-28-52(54)61(51)45-25-23-39-32-42-34-46(26-24-40(42)31-41(39)33-45)62-50-19-11-10-18-49(50)59(43-13-5-3-6-14-43)55-35-48-47-17-9-12-20-57(47)63-58(48)36-56(55)62/h3-36H,1-2H3. The van der Waals surface area contributed by atoms with Gasteiger partial charge in [-0.2, -0.15) is 0 Å². The average Bonchev–Trinajstić information content (AvgIpc) is 3.68. The summed E-state index contributed by atoms with van der Waals surface area (Å²) in [4.78, 5) is 9.62. The van der Waals surface area contributed by atoms with Gasteiger partial charge in [-0.05, 0) is 156 Å². The molecule has 2 aliphatic heterocycles. The fraction of sp³-hybridized carbons (Fsp3) is 0.0345. The zero-order valence-corrected chi connectivity index (χ0v) is 34.8. The third-order valence-corrected chi connectivity index (χ3v) is 12.9. The predicted molar refractivity (Wildman–Crippen MR) is 264 cm³/mol. The molecule has 3 heterocycles. The SMILES string of the molecule is Cc1ccc2c(c1)N(c1ccccc1)c1cc(C)ccc1N2c1ccc2cc3cc(N4c5ccccc5N(c5ccccc5)c5cc6c(cc54)oc4ccccc46)ccc3cc2c1. The van der Waals surface area contributed by atoms with Crippen LogP contribution in [0.1, 0.15) is 11.1 Å². The summed E-state index contributed by atoms with van der Waals surface area (Å²) in [6.07, 6.45) is 0. The zero-order chi connectivity index (χ0) is 41.8. The van der Waals surface area contributed by atoms with E-state index in [9.17, 15) is 0 Å². The number of benzene rings is 10. The summed E-state index contributed by atoms with van der Waals surface area (Å²) in [5.41, 5.74) is 17.7. The molecule has 0 saturated heterocycles. The quantitative estimate of drug-likeness (QED) is 0.165. The molecule has 11 aromatic rings. The van der Waals surface area contributed by atoms with E-state index in [-0.39, 0.29) is 0 Å². The molecule has 298 valence electrons. The lowest BCUT2D eigenvalue weighted by Gasteiger charge is -2.40. The minimum absolute atomic E-state index is 0.868. The van der Waals surface area contributed by atoms with E-state index in [1.54, 1.807) is 0 Å². The van der Waals surface area contributed by atoms with Crippen LogP contribution in [0.15, 0.2) is 211 Å². The minimum atomic E-state index is 0.868. The van der Waals surface area contributed by atoms with Crippen LogP contribution in [0.4, 0.5) is 68.2 Å². The Morgan fingerprint density at radius 2 is 0.714 bits per heavy atom. The second kappa shape index (κ2) is 13.6. The highest BCUT2D eigenvalue weighted by Gasteiger charge is 2.33. The van der Waals surface area contributed by atoms with Gasteiger partial charge in [0.15, 0.2) is 0 Å². The van der Waals surface area contributed by atoms with Crippen LogP contribution in [0.3, 0.4) is 0 Å². The summed E-state index contributed by atoms with van der Waals surface area (Å²) in [7, 11) is 0. The molecule has 0 bridgehead atoms. The number of furan rings is 1. The second-order valence-corrected chi connectivity index (χ2v) is 16.8. The monoisotopic (exact) mass is 808 g/mol. The Morgan fingerprint density at radius 1 is 0.270 bits per heavy atom. The number of nitrogens with zero attached hydrogens (tertiary/aromatic N) is 4. The molecular weight excluding hydrogens is 769 g/mol.